The Bertz CT molecular complexity index is 361. The van der Waals surface area contributed by atoms with Gasteiger partial charge in [0.05, 0.1) is 19.4 Å². The molecule has 0 aromatic rings. The fourth-order valence-corrected chi connectivity index (χ4v) is 2.70. The maximum atomic E-state index is 11.9. The lowest BCUT2D eigenvalue weighted by atomic mass is 10.2. The van der Waals surface area contributed by atoms with Crippen LogP contribution in [0.3, 0.4) is 0 Å². The first-order chi connectivity index (χ1) is 8.43. The highest BCUT2D eigenvalue weighted by molar-refractivity contribution is 7.54. The van der Waals surface area contributed by atoms with Gasteiger partial charge in [0.15, 0.2) is 5.79 Å². The molecule has 1 heterocycles. The maximum absolute atomic E-state index is 11.9. The van der Waals surface area contributed by atoms with Gasteiger partial charge in [-0.3, -0.25) is 4.57 Å². The molecule has 0 aromatic heterocycles. The average molecular weight is 276 g/mol. The number of hydrogen-bond acceptors (Lipinski definition) is 5. The fraction of sp³-hybridized carbons (Fsp3) is 0.667. The van der Waals surface area contributed by atoms with Crippen molar-refractivity contribution in [3.05, 3.63) is 23.8 Å². The molecule has 1 fully saturated rings. The molecule has 6 heteroatoms. The molecule has 0 bridgehead atoms. The Morgan fingerprint density at radius 1 is 1.33 bits per heavy atom. The third kappa shape index (κ3) is 4.67. The van der Waals surface area contributed by atoms with E-state index in [9.17, 15) is 4.57 Å². The molecular weight excluding hydrogens is 255 g/mol. The molecular formula is C12H21O5P. The first-order valence-electron chi connectivity index (χ1n) is 5.76. The Morgan fingerprint density at radius 3 is 2.39 bits per heavy atom. The van der Waals surface area contributed by atoms with Crippen LogP contribution in [0.25, 0.3) is 0 Å². The van der Waals surface area contributed by atoms with Crippen molar-refractivity contribution in [3.63, 3.8) is 0 Å². The molecule has 0 spiro atoms. The van der Waals surface area contributed by atoms with Crippen molar-refractivity contribution in [3.8, 4) is 0 Å². The smallest absolute Gasteiger partial charge is 0.334 e. The van der Waals surface area contributed by atoms with Crippen LogP contribution in [0, 0.1) is 0 Å². The van der Waals surface area contributed by atoms with Crippen LogP contribution in [0.4, 0.5) is 0 Å². The summed E-state index contributed by atoms with van der Waals surface area (Å²) in [5.74, 6) is -0.650. The van der Waals surface area contributed by atoms with Gasteiger partial charge in [-0.1, -0.05) is 17.7 Å². The van der Waals surface area contributed by atoms with Gasteiger partial charge in [-0.15, -0.1) is 0 Å². The molecule has 0 N–H and O–H groups in total. The molecule has 0 unspecified atom stereocenters. The summed E-state index contributed by atoms with van der Waals surface area (Å²) in [6, 6.07) is 0. The molecule has 104 valence electrons. The summed E-state index contributed by atoms with van der Waals surface area (Å²) in [4.78, 5) is 0. The second kappa shape index (κ2) is 6.64. The molecule has 0 atom stereocenters. The molecule has 0 saturated carbocycles. The highest BCUT2D eigenvalue weighted by Gasteiger charge is 2.27. The minimum Gasteiger partial charge on any atom is -0.344 e. The minimum absolute atomic E-state index is 0.267. The molecule has 0 radical (unpaired) electrons. The topological polar surface area (TPSA) is 54.0 Å². The quantitative estimate of drug-likeness (QED) is 0.551. The van der Waals surface area contributed by atoms with Gasteiger partial charge < -0.3 is 18.5 Å². The van der Waals surface area contributed by atoms with Crippen molar-refractivity contribution < 1.29 is 23.1 Å². The van der Waals surface area contributed by atoms with Gasteiger partial charge >= 0.3 is 7.60 Å². The Kier molecular flexibility index (Phi) is 5.76. The second-order valence-electron chi connectivity index (χ2n) is 4.22. The summed E-state index contributed by atoms with van der Waals surface area (Å²) in [6.45, 7) is 4.93. The van der Waals surface area contributed by atoms with Crippen molar-refractivity contribution in [2.24, 2.45) is 0 Å². The molecule has 0 amide bonds. The molecule has 0 aliphatic carbocycles. The van der Waals surface area contributed by atoms with Gasteiger partial charge in [0.25, 0.3) is 0 Å². The van der Waals surface area contributed by atoms with Gasteiger partial charge in [0, 0.05) is 14.2 Å². The van der Waals surface area contributed by atoms with Crippen LogP contribution in [0.1, 0.15) is 13.8 Å². The summed E-state index contributed by atoms with van der Waals surface area (Å²) >= 11 is 0. The van der Waals surface area contributed by atoms with Crippen LogP contribution in [-0.4, -0.2) is 39.4 Å². The van der Waals surface area contributed by atoms with E-state index in [2.05, 4.69) is 0 Å². The molecule has 1 saturated heterocycles. The molecule has 18 heavy (non-hydrogen) atoms. The summed E-state index contributed by atoms with van der Waals surface area (Å²) in [6.07, 6.45) is 5.77. The monoisotopic (exact) mass is 276 g/mol. The number of rotatable bonds is 6. The van der Waals surface area contributed by atoms with Crippen molar-refractivity contribution in [2.45, 2.75) is 19.6 Å². The van der Waals surface area contributed by atoms with E-state index in [-0.39, 0.29) is 6.16 Å². The number of allylic oxidation sites excluding steroid dienone is 3. The minimum atomic E-state index is -2.98. The Morgan fingerprint density at radius 2 is 1.89 bits per heavy atom. The SMILES string of the molecule is COP(=O)(C/C(C)=C\C=C\C1(C)OCCO1)OC. The third-order valence-corrected chi connectivity index (χ3v) is 4.64. The summed E-state index contributed by atoms with van der Waals surface area (Å²) in [5, 5.41) is 0. The van der Waals surface area contributed by atoms with E-state index >= 15 is 0 Å². The number of ether oxygens (including phenoxy) is 2. The van der Waals surface area contributed by atoms with E-state index in [0.717, 1.165) is 5.57 Å². The normalized spacial score (nSPS) is 20.8. The summed E-state index contributed by atoms with van der Waals surface area (Å²) < 4.78 is 32.5. The molecule has 0 aromatic carbocycles. The molecule has 1 rings (SSSR count). The Balaban J connectivity index is 2.56. The summed E-state index contributed by atoms with van der Waals surface area (Å²) in [5.41, 5.74) is 0.903. The average Bonchev–Trinajstić information content (AvgIpc) is 2.76. The van der Waals surface area contributed by atoms with Crippen LogP contribution in [0.5, 0.6) is 0 Å². The van der Waals surface area contributed by atoms with Crippen molar-refractivity contribution in [2.75, 3.05) is 33.6 Å². The van der Waals surface area contributed by atoms with E-state index in [4.69, 9.17) is 18.5 Å². The number of hydrogen-bond donors (Lipinski definition) is 0. The van der Waals surface area contributed by atoms with Crippen LogP contribution < -0.4 is 0 Å². The van der Waals surface area contributed by atoms with E-state index in [1.807, 2.05) is 32.1 Å². The fourth-order valence-electron chi connectivity index (χ4n) is 1.58. The Hall–Kier alpha value is -0.450. The first kappa shape index (κ1) is 15.6. The first-order valence-corrected chi connectivity index (χ1v) is 7.49. The van der Waals surface area contributed by atoms with Gasteiger partial charge in [-0.2, -0.15) is 0 Å². The van der Waals surface area contributed by atoms with E-state index in [1.165, 1.54) is 14.2 Å². The zero-order valence-electron chi connectivity index (χ0n) is 11.3. The predicted molar refractivity (Wildman–Crippen MR) is 69.7 cm³/mol. The van der Waals surface area contributed by atoms with Gasteiger partial charge in [0.2, 0.25) is 0 Å². The summed E-state index contributed by atoms with van der Waals surface area (Å²) in [7, 11) is -0.217. The molecule has 1 aliphatic heterocycles. The van der Waals surface area contributed by atoms with Crippen molar-refractivity contribution in [1.29, 1.82) is 0 Å². The molecule has 1 aliphatic rings. The van der Waals surface area contributed by atoms with E-state index < -0.39 is 13.4 Å². The van der Waals surface area contributed by atoms with E-state index in [0.29, 0.717) is 13.2 Å². The van der Waals surface area contributed by atoms with Crippen molar-refractivity contribution >= 4 is 7.60 Å². The lowest BCUT2D eigenvalue weighted by Gasteiger charge is -2.16. The molecule has 5 nitrogen and oxygen atoms in total. The Labute approximate surface area is 108 Å². The maximum Gasteiger partial charge on any atom is 0.334 e. The van der Waals surface area contributed by atoms with Crippen LogP contribution in [0.2, 0.25) is 0 Å². The lowest BCUT2D eigenvalue weighted by molar-refractivity contribution is -0.0996. The van der Waals surface area contributed by atoms with Gasteiger partial charge in [-0.25, -0.2) is 0 Å². The van der Waals surface area contributed by atoms with Gasteiger partial charge in [0.1, 0.15) is 0 Å². The van der Waals surface area contributed by atoms with Crippen LogP contribution in [-0.2, 0) is 23.1 Å². The van der Waals surface area contributed by atoms with Crippen LogP contribution in [0.15, 0.2) is 23.8 Å². The predicted octanol–water partition coefficient (Wildman–Crippen LogP) is 2.74. The van der Waals surface area contributed by atoms with E-state index in [1.54, 1.807) is 0 Å². The second-order valence-corrected chi connectivity index (χ2v) is 6.49. The highest BCUT2D eigenvalue weighted by Crippen LogP contribution is 2.47. The largest absolute Gasteiger partial charge is 0.344 e. The zero-order valence-corrected chi connectivity index (χ0v) is 12.2. The van der Waals surface area contributed by atoms with Gasteiger partial charge in [-0.05, 0) is 19.9 Å². The van der Waals surface area contributed by atoms with Crippen molar-refractivity contribution in [1.82, 2.24) is 0 Å². The zero-order chi connectivity index (χ0) is 13.6. The highest BCUT2D eigenvalue weighted by atomic mass is 31.2. The third-order valence-electron chi connectivity index (χ3n) is 2.64. The lowest BCUT2D eigenvalue weighted by Crippen LogP contribution is -2.21. The van der Waals surface area contributed by atoms with Crippen LogP contribution >= 0.6 is 7.60 Å². The standard InChI is InChI=1S/C12H21O5P/c1-11(10-18(13,14-3)15-4)6-5-7-12(2)16-8-9-17-12/h5-7H,8-10H2,1-4H3/b7-5+,11-6-.